The first-order valence-corrected chi connectivity index (χ1v) is 12.4. The average Bonchev–Trinajstić information content (AvgIpc) is 3.56. The molecular formula is C27H30N6O4. The van der Waals surface area contributed by atoms with Gasteiger partial charge in [-0.05, 0) is 23.3 Å². The number of benzene rings is 2. The molecule has 1 unspecified atom stereocenters. The largest absolute Gasteiger partial charge is 0.399 e. The van der Waals surface area contributed by atoms with Gasteiger partial charge in [0.05, 0.1) is 18.8 Å². The number of piperazine rings is 1. The second-order valence-electron chi connectivity index (χ2n) is 9.26. The Morgan fingerprint density at radius 3 is 2.41 bits per heavy atom. The van der Waals surface area contributed by atoms with Gasteiger partial charge in [0.15, 0.2) is 5.82 Å². The number of aromatic nitrogens is 2. The first-order chi connectivity index (χ1) is 18.0. The lowest BCUT2D eigenvalue weighted by Gasteiger charge is -2.33. The number of carbonyl (C=O) groups excluding carboxylic acids is 2. The maximum atomic E-state index is 13.5. The van der Waals surface area contributed by atoms with E-state index in [9.17, 15) is 9.59 Å². The molecule has 2 aliphatic heterocycles. The summed E-state index contributed by atoms with van der Waals surface area (Å²) >= 11 is 0. The van der Waals surface area contributed by atoms with Crippen LogP contribution in [0.4, 0.5) is 0 Å². The Morgan fingerprint density at radius 1 is 1.03 bits per heavy atom. The molecule has 2 aromatic carbocycles. The normalized spacial score (nSPS) is 19.4. The molecule has 0 radical (unpaired) electrons. The van der Waals surface area contributed by atoms with Crippen molar-refractivity contribution in [2.45, 2.75) is 25.9 Å². The molecule has 1 aromatic heterocycles. The van der Waals surface area contributed by atoms with Crippen LogP contribution in [0.25, 0.3) is 11.1 Å². The second-order valence-corrected chi connectivity index (χ2v) is 9.26. The van der Waals surface area contributed by atoms with Crippen LogP contribution in [-0.2, 0) is 16.2 Å². The summed E-state index contributed by atoms with van der Waals surface area (Å²) in [5, 5.41) is 8.31. The molecule has 5 rings (SSSR count). The van der Waals surface area contributed by atoms with Crippen LogP contribution in [0.2, 0.25) is 0 Å². The zero-order valence-electron chi connectivity index (χ0n) is 21.0. The van der Waals surface area contributed by atoms with Crippen LogP contribution >= 0.6 is 0 Å². The summed E-state index contributed by atoms with van der Waals surface area (Å²) < 4.78 is 5.56. The summed E-state index contributed by atoms with van der Waals surface area (Å²) in [6.45, 7) is 5.27. The summed E-state index contributed by atoms with van der Waals surface area (Å²) in [6, 6.07) is 17.2. The molecule has 192 valence electrons. The Balaban J connectivity index is 1.30. The van der Waals surface area contributed by atoms with Crippen molar-refractivity contribution in [2.24, 2.45) is 5.16 Å². The summed E-state index contributed by atoms with van der Waals surface area (Å²) in [4.78, 5) is 40.5. The highest BCUT2D eigenvalue weighted by molar-refractivity contribution is 6.00. The van der Waals surface area contributed by atoms with E-state index in [4.69, 9.17) is 9.36 Å². The van der Waals surface area contributed by atoms with E-state index in [-0.39, 0.29) is 11.8 Å². The van der Waals surface area contributed by atoms with Crippen molar-refractivity contribution in [3.63, 3.8) is 0 Å². The molecule has 0 bridgehead atoms. The number of hydrogen-bond acceptors (Lipinski definition) is 8. The Morgan fingerprint density at radius 2 is 1.73 bits per heavy atom. The zero-order chi connectivity index (χ0) is 25.8. The number of carbonyl (C=O) groups is 2. The van der Waals surface area contributed by atoms with Gasteiger partial charge in [-0.3, -0.25) is 14.5 Å². The van der Waals surface area contributed by atoms with Crippen molar-refractivity contribution in [3.8, 4) is 11.1 Å². The smallest absolute Gasteiger partial charge is 0.254 e. The van der Waals surface area contributed by atoms with Crippen LogP contribution in [0.1, 0.15) is 41.5 Å². The topological polar surface area (TPSA) is 104 Å². The molecule has 1 atom stereocenters. The van der Waals surface area contributed by atoms with Crippen LogP contribution in [0.3, 0.4) is 0 Å². The molecule has 3 heterocycles. The summed E-state index contributed by atoms with van der Waals surface area (Å²) in [5.74, 6) is 0.905. The Hall–Kier alpha value is -4.05. The Bertz CT molecular complexity index is 1270. The standard InChI is InChI=1S/C27H30N6O4/c1-19(34)32-14-12-31(13-15-32)18-25-28-26(30-37-25)24-16-23(29-36-2)17-33(24)27(35)22-10-8-21(9-11-22)20-6-4-3-5-7-20/h3-11,24H,12-18H2,1-2H3/b29-23+. The fourth-order valence-electron chi connectivity index (χ4n) is 4.83. The molecule has 2 saturated heterocycles. The first-order valence-electron chi connectivity index (χ1n) is 12.4. The number of amides is 2. The molecule has 10 nitrogen and oxygen atoms in total. The van der Waals surface area contributed by atoms with Crippen LogP contribution < -0.4 is 0 Å². The maximum Gasteiger partial charge on any atom is 0.254 e. The molecule has 0 aliphatic carbocycles. The predicted molar refractivity (Wildman–Crippen MR) is 137 cm³/mol. The van der Waals surface area contributed by atoms with E-state index in [0.717, 1.165) is 29.9 Å². The molecule has 0 saturated carbocycles. The quantitative estimate of drug-likeness (QED) is 0.477. The number of nitrogens with zero attached hydrogens (tertiary/aromatic N) is 6. The van der Waals surface area contributed by atoms with Gasteiger partial charge in [-0.15, -0.1) is 0 Å². The molecule has 0 spiro atoms. The minimum Gasteiger partial charge on any atom is -0.399 e. The van der Waals surface area contributed by atoms with Crippen LogP contribution in [-0.4, -0.2) is 82.2 Å². The minimum atomic E-state index is -0.401. The van der Waals surface area contributed by atoms with Crippen LogP contribution in [0.5, 0.6) is 0 Å². The molecule has 37 heavy (non-hydrogen) atoms. The van der Waals surface area contributed by atoms with Gasteiger partial charge in [0, 0.05) is 45.1 Å². The fraction of sp³-hybridized carbons (Fsp3) is 0.370. The first kappa shape index (κ1) is 24.6. The van der Waals surface area contributed by atoms with Gasteiger partial charge in [-0.1, -0.05) is 52.8 Å². The van der Waals surface area contributed by atoms with Gasteiger partial charge in [-0.2, -0.15) is 4.98 Å². The lowest BCUT2D eigenvalue weighted by Crippen LogP contribution is -2.47. The van der Waals surface area contributed by atoms with Gasteiger partial charge in [0.1, 0.15) is 13.2 Å². The predicted octanol–water partition coefficient (Wildman–Crippen LogP) is 2.99. The molecule has 2 amide bonds. The highest BCUT2D eigenvalue weighted by Gasteiger charge is 2.38. The summed E-state index contributed by atoms with van der Waals surface area (Å²) in [6.07, 6.45) is 0.470. The lowest BCUT2D eigenvalue weighted by atomic mass is 10.0. The third-order valence-electron chi connectivity index (χ3n) is 6.84. The third kappa shape index (κ3) is 5.54. The molecule has 10 heteroatoms. The van der Waals surface area contributed by atoms with E-state index in [1.807, 2.05) is 59.5 Å². The van der Waals surface area contributed by atoms with Gasteiger partial charge < -0.3 is 19.2 Å². The molecule has 2 fully saturated rings. The van der Waals surface area contributed by atoms with Crippen molar-refractivity contribution in [1.82, 2.24) is 24.8 Å². The van der Waals surface area contributed by atoms with E-state index in [1.54, 1.807) is 11.8 Å². The lowest BCUT2D eigenvalue weighted by molar-refractivity contribution is -0.130. The number of oxime groups is 1. The van der Waals surface area contributed by atoms with Crippen molar-refractivity contribution in [3.05, 3.63) is 71.9 Å². The fourth-order valence-corrected chi connectivity index (χ4v) is 4.83. The number of likely N-dealkylation sites (tertiary alicyclic amines) is 1. The van der Waals surface area contributed by atoms with Gasteiger partial charge in [-0.25, -0.2) is 0 Å². The van der Waals surface area contributed by atoms with E-state index in [1.165, 1.54) is 7.11 Å². The number of rotatable bonds is 6. The van der Waals surface area contributed by atoms with E-state index in [2.05, 4.69) is 20.2 Å². The van der Waals surface area contributed by atoms with E-state index in [0.29, 0.717) is 49.9 Å². The van der Waals surface area contributed by atoms with Crippen LogP contribution in [0, 0.1) is 0 Å². The monoisotopic (exact) mass is 502 g/mol. The van der Waals surface area contributed by atoms with Crippen molar-refractivity contribution in [2.75, 3.05) is 39.8 Å². The third-order valence-corrected chi connectivity index (χ3v) is 6.84. The highest BCUT2D eigenvalue weighted by Crippen LogP contribution is 2.31. The SMILES string of the molecule is CO/N=C1\CC(c2noc(CN3CCN(C(C)=O)CC3)n2)N(C(=O)c2ccc(-c3ccccc3)cc2)C1. The van der Waals surface area contributed by atoms with Crippen LogP contribution in [0.15, 0.2) is 64.3 Å². The van der Waals surface area contributed by atoms with E-state index < -0.39 is 6.04 Å². The highest BCUT2D eigenvalue weighted by atomic mass is 16.6. The minimum absolute atomic E-state index is 0.0916. The molecule has 2 aliphatic rings. The summed E-state index contributed by atoms with van der Waals surface area (Å²) in [7, 11) is 1.49. The van der Waals surface area contributed by atoms with Crippen molar-refractivity contribution < 1.29 is 18.9 Å². The average molecular weight is 503 g/mol. The van der Waals surface area contributed by atoms with Gasteiger partial charge in [0.25, 0.3) is 5.91 Å². The molecule has 3 aromatic rings. The molecule has 0 N–H and O–H groups in total. The van der Waals surface area contributed by atoms with E-state index >= 15 is 0 Å². The Labute approximate surface area is 215 Å². The van der Waals surface area contributed by atoms with Gasteiger partial charge in [0.2, 0.25) is 11.8 Å². The van der Waals surface area contributed by atoms with Crippen molar-refractivity contribution >= 4 is 17.5 Å². The number of hydrogen-bond donors (Lipinski definition) is 0. The second kappa shape index (κ2) is 10.9. The van der Waals surface area contributed by atoms with Crippen molar-refractivity contribution in [1.29, 1.82) is 0 Å². The van der Waals surface area contributed by atoms with Gasteiger partial charge >= 0.3 is 0 Å². The Kier molecular flexibility index (Phi) is 7.27. The summed E-state index contributed by atoms with van der Waals surface area (Å²) in [5.41, 5.74) is 3.46. The zero-order valence-corrected chi connectivity index (χ0v) is 21.0. The maximum absolute atomic E-state index is 13.5. The molecular weight excluding hydrogens is 472 g/mol.